The standard InChI is InChI=1S/C21H19ClF3N7O/c1-12(2)33-19-4-3-16(7-17(19)22)32-11-15(30-31-32)10-26-14-5-18(13-8-27-28-9-13)29-20(6-14)21(23,24)25/h3-9,11-12H,10H2,1-2H3,(H,26,29)(H,27,28). The van der Waals surface area contributed by atoms with Crippen LogP contribution in [0.1, 0.15) is 25.2 Å². The number of hydrogen-bond acceptors (Lipinski definition) is 6. The van der Waals surface area contributed by atoms with E-state index in [0.717, 1.165) is 6.07 Å². The Labute approximate surface area is 191 Å². The fraction of sp³-hybridized carbons (Fsp3) is 0.238. The molecule has 12 heteroatoms. The zero-order valence-corrected chi connectivity index (χ0v) is 18.3. The van der Waals surface area contributed by atoms with E-state index in [1.165, 1.54) is 23.1 Å². The van der Waals surface area contributed by atoms with Crippen LogP contribution >= 0.6 is 11.6 Å². The van der Waals surface area contributed by atoms with Crippen LogP contribution in [0, 0.1) is 0 Å². The lowest BCUT2D eigenvalue weighted by Crippen LogP contribution is -2.10. The van der Waals surface area contributed by atoms with Crippen molar-refractivity contribution >= 4 is 17.3 Å². The summed E-state index contributed by atoms with van der Waals surface area (Å²) in [5.74, 6) is 0.559. The van der Waals surface area contributed by atoms with Crippen LogP contribution in [-0.4, -0.2) is 36.3 Å². The predicted octanol–water partition coefficient (Wildman–Crippen LogP) is 5.12. The molecule has 4 aromatic rings. The number of anilines is 1. The Hall–Kier alpha value is -3.60. The van der Waals surface area contributed by atoms with E-state index in [0.29, 0.717) is 27.7 Å². The molecule has 0 aliphatic rings. The third kappa shape index (κ3) is 5.43. The minimum absolute atomic E-state index is 0.0162. The van der Waals surface area contributed by atoms with Gasteiger partial charge in [-0.3, -0.25) is 5.10 Å². The van der Waals surface area contributed by atoms with Gasteiger partial charge in [0.2, 0.25) is 0 Å². The molecule has 2 N–H and O–H groups in total. The van der Waals surface area contributed by atoms with E-state index in [9.17, 15) is 13.2 Å². The molecular weight excluding hydrogens is 459 g/mol. The Morgan fingerprint density at radius 1 is 1.21 bits per heavy atom. The average Bonchev–Trinajstić information content (AvgIpc) is 3.45. The van der Waals surface area contributed by atoms with Gasteiger partial charge >= 0.3 is 6.18 Å². The molecule has 3 aromatic heterocycles. The number of hydrogen-bond donors (Lipinski definition) is 2. The van der Waals surface area contributed by atoms with Crippen LogP contribution in [0.15, 0.2) is 48.9 Å². The number of pyridine rings is 1. The van der Waals surface area contributed by atoms with Crippen LogP contribution in [0.5, 0.6) is 5.75 Å². The molecule has 1 aromatic carbocycles. The second-order valence-corrected chi connectivity index (χ2v) is 7.81. The van der Waals surface area contributed by atoms with Crippen molar-refractivity contribution in [1.29, 1.82) is 0 Å². The van der Waals surface area contributed by atoms with Gasteiger partial charge in [0.25, 0.3) is 0 Å². The predicted molar refractivity (Wildman–Crippen MR) is 116 cm³/mol. The summed E-state index contributed by atoms with van der Waals surface area (Å²) < 4.78 is 47.1. The molecule has 3 heterocycles. The fourth-order valence-electron chi connectivity index (χ4n) is 3.00. The van der Waals surface area contributed by atoms with Crippen molar-refractivity contribution in [2.75, 3.05) is 5.32 Å². The van der Waals surface area contributed by atoms with E-state index in [2.05, 4.69) is 30.8 Å². The topological polar surface area (TPSA) is 93.5 Å². The summed E-state index contributed by atoms with van der Waals surface area (Å²) in [4.78, 5) is 3.70. The van der Waals surface area contributed by atoms with Gasteiger partial charge in [-0.05, 0) is 44.2 Å². The van der Waals surface area contributed by atoms with Gasteiger partial charge in [0.1, 0.15) is 17.1 Å². The summed E-state index contributed by atoms with van der Waals surface area (Å²) >= 11 is 6.28. The molecule has 8 nitrogen and oxygen atoms in total. The van der Waals surface area contributed by atoms with Gasteiger partial charge in [-0.2, -0.15) is 18.3 Å². The first-order chi connectivity index (χ1) is 15.7. The monoisotopic (exact) mass is 477 g/mol. The van der Waals surface area contributed by atoms with Crippen molar-refractivity contribution < 1.29 is 17.9 Å². The highest BCUT2D eigenvalue weighted by atomic mass is 35.5. The van der Waals surface area contributed by atoms with E-state index in [4.69, 9.17) is 16.3 Å². The van der Waals surface area contributed by atoms with Crippen molar-refractivity contribution in [2.24, 2.45) is 0 Å². The second-order valence-electron chi connectivity index (χ2n) is 7.40. The van der Waals surface area contributed by atoms with Crippen LogP contribution in [0.3, 0.4) is 0 Å². The Morgan fingerprint density at radius 3 is 2.70 bits per heavy atom. The van der Waals surface area contributed by atoms with Crippen LogP contribution in [0.2, 0.25) is 5.02 Å². The van der Waals surface area contributed by atoms with Crippen LogP contribution in [0.25, 0.3) is 16.9 Å². The number of alkyl halides is 3. The van der Waals surface area contributed by atoms with Crippen molar-refractivity contribution in [2.45, 2.75) is 32.7 Å². The molecule has 0 radical (unpaired) electrons. The zero-order valence-electron chi connectivity index (χ0n) is 17.6. The maximum absolute atomic E-state index is 13.3. The first-order valence-corrected chi connectivity index (χ1v) is 10.3. The lowest BCUT2D eigenvalue weighted by atomic mass is 10.2. The van der Waals surface area contributed by atoms with Gasteiger partial charge in [-0.1, -0.05) is 16.8 Å². The SMILES string of the molecule is CC(C)Oc1ccc(-n2cc(CNc3cc(-c4cn[nH]c4)nc(C(F)(F)F)c3)nn2)cc1Cl. The molecule has 0 atom stereocenters. The first-order valence-electron chi connectivity index (χ1n) is 9.89. The van der Waals surface area contributed by atoms with E-state index in [1.807, 2.05) is 13.8 Å². The lowest BCUT2D eigenvalue weighted by molar-refractivity contribution is -0.141. The van der Waals surface area contributed by atoms with E-state index >= 15 is 0 Å². The Bertz CT molecular complexity index is 1240. The number of benzene rings is 1. The average molecular weight is 478 g/mol. The highest BCUT2D eigenvalue weighted by molar-refractivity contribution is 6.32. The molecule has 33 heavy (non-hydrogen) atoms. The first kappa shape index (κ1) is 22.6. The molecule has 0 spiro atoms. The molecule has 172 valence electrons. The van der Waals surface area contributed by atoms with Crippen LogP contribution in [0.4, 0.5) is 18.9 Å². The Kier molecular flexibility index (Phi) is 6.23. The molecule has 4 rings (SSSR count). The van der Waals surface area contributed by atoms with Gasteiger partial charge in [0.15, 0.2) is 0 Å². The number of nitrogens with zero attached hydrogens (tertiary/aromatic N) is 5. The summed E-state index contributed by atoms with van der Waals surface area (Å²) in [7, 11) is 0. The second kappa shape index (κ2) is 9.10. The minimum atomic E-state index is -4.59. The quantitative estimate of drug-likeness (QED) is 0.383. The normalized spacial score (nSPS) is 11.7. The number of ether oxygens (including phenoxy) is 1. The maximum Gasteiger partial charge on any atom is 0.433 e. The molecular formula is C21H19ClF3N7O. The largest absolute Gasteiger partial charge is 0.489 e. The molecule has 0 saturated carbocycles. The summed E-state index contributed by atoms with van der Waals surface area (Å²) in [6.45, 7) is 3.95. The number of H-pyrrole nitrogens is 1. The van der Waals surface area contributed by atoms with Gasteiger partial charge in [0.05, 0.1) is 41.4 Å². The van der Waals surface area contributed by atoms with E-state index in [1.54, 1.807) is 24.4 Å². The Morgan fingerprint density at radius 2 is 2.03 bits per heavy atom. The lowest BCUT2D eigenvalue weighted by Gasteiger charge is -2.12. The van der Waals surface area contributed by atoms with Crippen LogP contribution in [-0.2, 0) is 12.7 Å². The van der Waals surface area contributed by atoms with Crippen molar-refractivity contribution in [1.82, 2.24) is 30.2 Å². The minimum Gasteiger partial charge on any atom is -0.489 e. The molecule has 0 fully saturated rings. The summed E-state index contributed by atoms with van der Waals surface area (Å²) in [6.07, 6.45) is -0.0763. The molecule has 0 bridgehead atoms. The van der Waals surface area contributed by atoms with Crippen molar-refractivity contribution in [3.8, 4) is 22.7 Å². The Balaban J connectivity index is 1.52. The number of aromatic amines is 1. The smallest absolute Gasteiger partial charge is 0.433 e. The third-order valence-electron chi connectivity index (χ3n) is 4.47. The highest BCUT2D eigenvalue weighted by Gasteiger charge is 2.33. The third-order valence-corrected chi connectivity index (χ3v) is 4.76. The van der Waals surface area contributed by atoms with Gasteiger partial charge < -0.3 is 10.1 Å². The fourth-order valence-corrected chi connectivity index (χ4v) is 3.22. The van der Waals surface area contributed by atoms with Crippen LogP contribution < -0.4 is 10.1 Å². The molecule has 0 amide bonds. The zero-order chi connectivity index (χ0) is 23.6. The molecule has 0 unspecified atom stereocenters. The summed E-state index contributed by atoms with van der Waals surface area (Å²) in [6, 6.07) is 7.68. The van der Waals surface area contributed by atoms with E-state index < -0.39 is 11.9 Å². The number of nitrogens with one attached hydrogen (secondary N) is 2. The molecule has 0 aliphatic carbocycles. The number of aromatic nitrogens is 6. The van der Waals surface area contributed by atoms with E-state index in [-0.39, 0.29) is 24.0 Å². The van der Waals surface area contributed by atoms with Gasteiger partial charge in [-0.25, -0.2) is 9.67 Å². The maximum atomic E-state index is 13.3. The summed E-state index contributed by atoms with van der Waals surface area (Å²) in [5, 5.41) is 17.9. The number of rotatable bonds is 7. The van der Waals surface area contributed by atoms with Gasteiger partial charge in [0, 0.05) is 17.4 Å². The van der Waals surface area contributed by atoms with Gasteiger partial charge in [-0.15, -0.1) is 5.10 Å². The van der Waals surface area contributed by atoms with Crippen molar-refractivity contribution in [3.63, 3.8) is 0 Å². The number of halogens is 4. The highest BCUT2D eigenvalue weighted by Crippen LogP contribution is 2.32. The molecule has 0 aliphatic heterocycles. The summed E-state index contributed by atoms with van der Waals surface area (Å²) in [5.41, 5.74) is 0.996. The van der Waals surface area contributed by atoms with Crippen molar-refractivity contribution in [3.05, 3.63) is 65.3 Å². The molecule has 0 saturated heterocycles.